The topological polar surface area (TPSA) is 38.3 Å². The lowest BCUT2D eigenvalue weighted by molar-refractivity contribution is -0.142. The fourth-order valence-electron chi connectivity index (χ4n) is 2.72. The molecule has 15 heavy (non-hydrogen) atoms. The third kappa shape index (κ3) is 2.23. The first-order chi connectivity index (χ1) is 7.20. The molecule has 4 atom stereocenters. The highest BCUT2D eigenvalue weighted by Gasteiger charge is 2.35. The normalized spacial score (nSPS) is 34.4. The molecule has 84 valence electrons. The zero-order chi connectivity index (χ0) is 10.8. The molecular formula is C12H19NO2. The van der Waals surface area contributed by atoms with Crippen LogP contribution < -0.4 is 5.32 Å². The highest BCUT2D eigenvalue weighted by molar-refractivity contribution is 5.75. The number of carbonyl (C=O) groups is 1. The highest BCUT2D eigenvalue weighted by atomic mass is 16.5. The summed E-state index contributed by atoms with van der Waals surface area (Å²) in [5.74, 6) is 2.09. The zero-order valence-corrected chi connectivity index (χ0v) is 9.40. The van der Waals surface area contributed by atoms with Crippen molar-refractivity contribution in [3.63, 3.8) is 0 Å². The Morgan fingerprint density at radius 1 is 1.53 bits per heavy atom. The number of rotatable bonds is 4. The summed E-state index contributed by atoms with van der Waals surface area (Å²) in [5.41, 5.74) is 0. The molecule has 0 heterocycles. The summed E-state index contributed by atoms with van der Waals surface area (Å²) in [6.07, 6.45) is 7.27. The minimum absolute atomic E-state index is 0.173. The van der Waals surface area contributed by atoms with E-state index in [9.17, 15) is 4.79 Å². The van der Waals surface area contributed by atoms with Crippen molar-refractivity contribution in [3.8, 4) is 0 Å². The predicted molar refractivity (Wildman–Crippen MR) is 58.3 cm³/mol. The molecule has 0 amide bonds. The summed E-state index contributed by atoms with van der Waals surface area (Å²) in [6.45, 7) is 2.79. The van der Waals surface area contributed by atoms with Gasteiger partial charge in [0, 0.05) is 0 Å². The van der Waals surface area contributed by atoms with E-state index in [2.05, 4.69) is 22.2 Å². The zero-order valence-electron chi connectivity index (χ0n) is 9.40. The van der Waals surface area contributed by atoms with E-state index in [4.69, 9.17) is 0 Å². The van der Waals surface area contributed by atoms with Crippen LogP contribution in [0.2, 0.25) is 0 Å². The molecule has 0 spiro atoms. The van der Waals surface area contributed by atoms with E-state index in [1.807, 2.05) is 6.92 Å². The lowest BCUT2D eigenvalue weighted by atomic mass is 9.93. The lowest BCUT2D eigenvalue weighted by Crippen LogP contribution is -2.38. The van der Waals surface area contributed by atoms with Crippen LogP contribution in [0.1, 0.15) is 19.8 Å². The van der Waals surface area contributed by atoms with Crippen molar-refractivity contribution in [3.05, 3.63) is 12.2 Å². The molecule has 0 aromatic heterocycles. The molecule has 2 aliphatic carbocycles. The predicted octanol–water partition coefficient (Wildman–Crippen LogP) is 1.35. The minimum atomic E-state index is -0.182. The molecule has 0 aromatic rings. The molecule has 3 nitrogen and oxygen atoms in total. The van der Waals surface area contributed by atoms with Crippen LogP contribution in [0, 0.1) is 17.8 Å². The maximum absolute atomic E-state index is 11.2. The van der Waals surface area contributed by atoms with Crippen LogP contribution in [0.4, 0.5) is 0 Å². The summed E-state index contributed by atoms with van der Waals surface area (Å²) in [5, 5.41) is 3.25. The molecule has 2 rings (SSSR count). The second-order valence-electron chi connectivity index (χ2n) is 4.69. The van der Waals surface area contributed by atoms with E-state index in [-0.39, 0.29) is 12.0 Å². The number of fused-ring (bicyclic) bond motifs is 2. The van der Waals surface area contributed by atoms with E-state index in [1.54, 1.807) is 0 Å². The summed E-state index contributed by atoms with van der Waals surface area (Å²) in [4.78, 5) is 11.2. The van der Waals surface area contributed by atoms with Crippen LogP contribution in [0.5, 0.6) is 0 Å². The van der Waals surface area contributed by atoms with Crippen molar-refractivity contribution < 1.29 is 9.53 Å². The Hall–Kier alpha value is -0.830. The first-order valence-corrected chi connectivity index (χ1v) is 5.70. The molecule has 0 radical (unpaired) electrons. The molecule has 0 aromatic carbocycles. The monoisotopic (exact) mass is 209 g/mol. The number of hydrogen-bond donors (Lipinski definition) is 1. The summed E-state index contributed by atoms with van der Waals surface area (Å²) < 4.78 is 4.67. The fourth-order valence-corrected chi connectivity index (χ4v) is 2.72. The van der Waals surface area contributed by atoms with Gasteiger partial charge in [-0.1, -0.05) is 12.2 Å². The van der Waals surface area contributed by atoms with Crippen LogP contribution in [-0.2, 0) is 9.53 Å². The number of esters is 1. The number of nitrogens with one attached hydrogen (secondary N) is 1. The van der Waals surface area contributed by atoms with Gasteiger partial charge in [-0.05, 0) is 44.1 Å². The van der Waals surface area contributed by atoms with Gasteiger partial charge in [0.2, 0.25) is 0 Å². The van der Waals surface area contributed by atoms with Gasteiger partial charge in [0.25, 0.3) is 0 Å². The van der Waals surface area contributed by atoms with Crippen molar-refractivity contribution in [2.24, 2.45) is 17.8 Å². The van der Waals surface area contributed by atoms with E-state index >= 15 is 0 Å². The van der Waals surface area contributed by atoms with Crippen molar-refractivity contribution >= 4 is 5.97 Å². The Labute approximate surface area is 90.9 Å². The summed E-state index contributed by atoms with van der Waals surface area (Å²) in [6, 6.07) is -0.182. The molecule has 3 unspecified atom stereocenters. The van der Waals surface area contributed by atoms with Gasteiger partial charge in [0.15, 0.2) is 0 Å². The highest BCUT2D eigenvalue weighted by Crippen LogP contribution is 2.42. The Morgan fingerprint density at radius 3 is 2.87 bits per heavy atom. The lowest BCUT2D eigenvalue weighted by Gasteiger charge is -2.20. The second-order valence-corrected chi connectivity index (χ2v) is 4.69. The van der Waals surface area contributed by atoms with Crippen LogP contribution in [-0.4, -0.2) is 25.7 Å². The molecular weight excluding hydrogens is 190 g/mol. The Kier molecular flexibility index (Phi) is 3.10. The van der Waals surface area contributed by atoms with Crippen LogP contribution in [0.15, 0.2) is 12.2 Å². The van der Waals surface area contributed by atoms with E-state index in [0.717, 1.165) is 18.4 Å². The molecule has 1 fully saturated rings. The largest absolute Gasteiger partial charge is 0.468 e. The molecule has 0 aliphatic heterocycles. The standard InChI is InChI=1S/C12H19NO2/c1-8(12(14)15-2)13-7-11-6-9-3-4-10(11)5-9/h3-4,8-11,13H,5-7H2,1-2H3/t8-,9?,10?,11?/m0/s1. The number of allylic oxidation sites excluding steroid dienone is 2. The van der Waals surface area contributed by atoms with Gasteiger partial charge in [-0.3, -0.25) is 4.79 Å². The summed E-state index contributed by atoms with van der Waals surface area (Å²) in [7, 11) is 1.43. The van der Waals surface area contributed by atoms with Gasteiger partial charge in [-0.25, -0.2) is 0 Å². The van der Waals surface area contributed by atoms with Gasteiger partial charge in [0.05, 0.1) is 7.11 Å². The number of carbonyl (C=O) groups excluding carboxylic acids is 1. The van der Waals surface area contributed by atoms with Crippen LogP contribution in [0.25, 0.3) is 0 Å². The first kappa shape index (κ1) is 10.7. The van der Waals surface area contributed by atoms with Crippen LogP contribution in [0.3, 0.4) is 0 Å². The third-order valence-electron chi connectivity index (χ3n) is 3.66. The van der Waals surface area contributed by atoms with Crippen LogP contribution >= 0.6 is 0 Å². The molecule has 2 bridgehead atoms. The quantitative estimate of drug-likeness (QED) is 0.561. The van der Waals surface area contributed by atoms with Crippen molar-refractivity contribution in [2.75, 3.05) is 13.7 Å². The average molecular weight is 209 g/mol. The third-order valence-corrected chi connectivity index (χ3v) is 3.66. The van der Waals surface area contributed by atoms with Gasteiger partial charge < -0.3 is 10.1 Å². The number of ether oxygens (including phenoxy) is 1. The van der Waals surface area contributed by atoms with Gasteiger partial charge in [-0.2, -0.15) is 0 Å². The minimum Gasteiger partial charge on any atom is -0.468 e. The molecule has 3 heteroatoms. The Balaban J connectivity index is 1.75. The average Bonchev–Trinajstić information content (AvgIpc) is 2.86. The summed E-state index contributed by atoms with van der Waals surface area (Å²) >= 11 is 0. The van der Waals surface area contributed by atoms with Crippen molar-refractivity contribution in [1.82, 2.24) is 5.32 Å². The molecule has 1 N–H and O–H groups in total. The number of hydrogen-bond acceptors (Lipinski definition) is 3. The second kappa shape index (κ2) is 4.35. The van der Waals surface area contributed by atoms with Gasteiger partial charge in [0.1, 0.15) is 6.04 Å². The maximum Gasteiger partial charge on any atom is 0.322 e. The van der Waals surface area contributed by atoms with E-state index in [0.29, 0.717) is 5.92 Å². The molecule has 1 saturated carbocycles. The Bertz CT molecular complexity index is 275. The maximum atomic E-state index is 11.2. The van der Waals surface area contributed by atoms with Crippen molar-refractivity contribution in [2.45, 2.75) is 25.8 Å². The Morgan fingerprint density at radius 2 is 2.33 bits per heavy atom. The number of methoxy groups -OCH3 is 1. The first-order valence-electron chi connectivity index (χ1n) is 5.70. The smallest absolute Gasteiger partial charge is 0.322 e. The molecule has 0 saturated heterocycles. The van der Waals surface area contributed by atoms with Gasteiger partial charge >= 0.3 is 5.97 Å². The van der Waals surface area contributed by atoms with Crippen molar-refractivity contribution in [1.29, 1.82) is 0 Å². The van der Waals surface area contributed by atoms with E-state index < -0.39 is 0 Å². The van der Waals surface area contributed by atoms with Gasteiger partial charge in [-0.15, -0.1) is 0 Å². The molecule has 2 aliphatic rings. The van der Waals surface area contributed by atoms with E-state index in [1.165, 1.54) is 20.0 Å². The fraction of sp³-hybridized carbons (Fsp3) is 0.750. The SMILES string of the molecule is COC(=O)[C@H](C)NCC1CC2C=CC1C2.